The van der Waals surface area contributed by atoms with Crippen LogP contribution in [0.25, 0.3) is 0 Å². The predicted octanol–water partition coefficient (Wildman–Crippen LogP) is 2.43. The smallest absolute Gasteiger partial charge is 0.0757 e. The fraction of sp³-hybridized carbons (Fsp3) is 0.867. The lowest BCUT2D eigenvalue weighted by atomic mass is 10.0. The maximum absolute atomic E-state index is 5.91. The van der Waals surface area contributed by atoms with Gasteiger partial charge in [-0.15, -0.1) is 0 Å². The molecule has 0 radical (unpaired) electrons. The van der Waals surface area contributed by atoms with Crippen LogP contribution in [-0.4, -0.2) is 48.3 Å². The molecular formula is C15H30N2O. The van der Waals surface area contributed by atoms with Gasteiger partial charge in [-0.05, 0) is 47.1 Å². The first kappa shape index (κ1) is 15.7. The summed E-state index contributed by atoms with van der Waals surface area (Å²) in [5.74, 6) is 0. The van der Waals surface area contributed by atoms with Gasteiger partial charge in [-0.1, -0.05) is 6.58 Å². The molecule has 0 aliphatic carbocycles. The molecule has 3 heteroatoms. The number of nitrogens with zero attached hydrogens (tertiary/aromatic N) is 1. The molecule has 1 aliphatic rings. The lowest BCUT2D eigenvalue weighted by Crippen LogP contribution is -2.52. The molecule has 1 N–H and O–H groups in total. The van der Waals surface area contributed by atoms with Gasteiger partial charge in [0.25, 0.3) is 0 Å². The molecule has 1 aliphatic heterocycles. The predicted molar refractivity (Wildman–Crippen MR) is 78.0 cm³/mol. The highest BCUT2D eigenvalue weighted by molar-refractivity contribution is 5.02. The molecule has 0 aromatic carbocycles. The van der Waals surface area contributed by atoms with Crippen LogP contribution in [0.3, 0.4) is 0 Å². The van der Waals surface area contributed by atoms with E-state index in [0.29, 0.717) is 6.10 Å². The Morgan fingerprint density at radius 1 is 1.44 bits per heavy atom. The molecule has 1 saturated heterocycles. The van der Waals surface area contributed by atoms with Gasteiger partial charge in [0, 0.05) is 31.7 Å². The third-order valence-corrected chi connectivity index (χ3v) is 2.96. The number of nitrogens with one attached hydrogen (secondary N) is 1. The Hall–Kier alpha value is -0.380. The van der Waals surface area contributed by atoms with Crippen molar-refractivity contribution in [3.63, 3.8) is 0 Å². The Kier molecular flexibility index (Phi) is 4.98. The quantitative estimate of drug-likeness (QED) is 0.780. The fourth-order valence-corrected chi connectivity index (χ4v) is 2.47. The van der Waals surface area contributed by atoms with E-state index < -0.39 is 0 Å². The minimum absolute atomic E-state index is 0.0462. The Morgan fingerprint density at radius 3 is 2.56 bits per heavy atom. The van der Waals surface area contributed by atoms with Gasteiger partial charge in [-0.25, -0.2) is 0 Å². The second-order valence-corrected chi connectivity index (χ2v) is 7.21. The van der Waals surface area contributed by atoms with E-state index in [1.807, 2.05) is 0 Å². The van der Waals surface area contributed by atoms with Crippen molar-refractivity contribution in [3.05, 3.63) is 12.2 Å². The number of ether oxygens (including phenoxy) is 1. The van der Waals surface area contributed by atoms with E-state index in [1.54, 1.807) is 0 Å². The van der Waals surface area contributed by atoms with E-state index in [-0.39, 0.29) is 11.1 Å². The second kappa shape index (κ2) is 5.72. The van der Waals surface area contributed by atoms with E-state index >= 15 is 0 Å². The molecule has 0 spiro atoms. The van der Waals surface area contributed by atoms with E-state index in [0.717, 1.165) is 26.2 Å². The largest absolute Gasteiger partial charge is 0.370 e. The molecule has 0 amide bonds. The summed E-state index contributed by atoms with van der Waals surface area (Å²) in [7, 11) is 0. The average molecular weight is 254 g/mol. The number of morpholine rings is 1. The Morgan fingerprint density at radius 2 is 2.06 bits per heavy atom. The molecule has 1 heterocycles. The zero-order chi connectivity index (χ0) is 14.0. The molecule has 106 valence electrons. The van der Waals surface area contributed by atoms with Gasteiger partial charge in [-0.3, -0.25) is 4.90 Å². The average Bonchev–Trinajstić information content (AvgIpc) is 2.09. The van der Waals surface area contributed by atoms with Crippen LogP contribution in [0.1, 0.15) is 41.5 Å². The van der Waals surface area contributed by atoms with Crippen LogP contribution in [0.5, 0.6) is 0 Å². The van der Waals surface area contributed by atoms with Crippen LogP contribution in [0.15, 0.2) is 12.2 Å². The maximum atomic E-state index is 5.91. The van der Waals surface area contributed by atoms with Crippen LogP contribution in [0, 0.1) is 0 Å². The fourth-order valence-electron chi connectivity index (χ4n) is 2.47. The first-order valence-electron chi connectivity index (χ1n) is 6.89. The zero-order valence-electron chi connectivity index (χ0n) is 13.0. The summed E-state index contributed by atoms with van der Waals surface area (Å²) < 4.78 is 5.91. The van der Waals surface area contributed by atoms with E-state index in [9.17, 15) is 0 Å². The SMILES string of the molecule is C=C(CNC(C)(C)C)CN1CC(C)OC(C)(C)C1. The highest BCUT2D eigenvalue weighted by Gasteiger charge is 2.31. The van der Waals surface area contributed by atoms with Crippen molar-refractivity contribution in [1.82, 2.24) is 10.2 Å². The van der Waals surface area contributed by atoms with Crippen molar-refractivity contribution in [2.24, 2.45) is 0 Å². The third kappa shape index (κ3) is 5.98. The summed E-state index contributed by atoms with van der Waals surface area (Å²) in [6.07, 6.45) is 0.303. The second-order valence-electron chi connectivity index (χ2n) is 7.21. The summed E-state index contributed by atoms with van der Waals surface area (Å²) in [4.78, 5) is 2.45. The van der Waals surface area contributed by atoms with E-state index in [1.165, 1.54) is 5.57 Å². The zero-order valence-corrected chi connectivity index (χ0v) is 13.0. The molecule has 1 atom stereocenters. The van der Waals surface area contributed by atoms with Crippen molar-refractivity contribution in [1.29, 1.82) is 0 Å². The van der Waals surface area contributed by atoms with Gasteiger partial charge in [-0.2, -0.15) is 0 Å². The molecule has 1 rings (SSSR count). The normalized spacial score (nSPS) is 25.1. The minimum atomic E-state index is -0.0462. The van der Waals surface area contributed by atoms with Crippen LogP contribution in [0.2, 0.25) is 0 Å². The molecule has 1 fully saturated rings. The van der Waals surface area contributed by atoms with Gasteiger partial charge in [0.05, 0.1) is 11.7 Å². The molecule has 0 bridgehead atoms. The van der Waals surface area contributed by atoms with Gasteiger partial charge < -0.3 is 10.1 Å². The Bertz CT molecular complexity index is 291. The van der Waals surface area contributed by atoms with Gasteiger partial charge >= 0.3 is 0 Å². The number of rotatable bonds is 4. The van der Waals surface area contributed by atoms with Crippen LogP contribution >= 0.6 is 0 Å². The van der Waals surface area contributed by atoms with Crippen molar-refractivity contribution >= 4 is 0 Å². The molecule has 18 heavy (non-hydrogen) atoms. The van der Waals surface area contributed by atoms with Crippen LogP contribution in [-0.2, 0) is 4.74 Å². The van der Waals surface area contributed by atoms with E-state index in [4.69, 9.17) is 4.74 Å². The summed E-state index contributed by atoms with van der Waals surface area (Å²) >= 11 is 0. The van der Waals surface area contributed by atoms with Crippen molar-refractivity contribution in [2.75, 3.05) is 26.2 Å². The van der Waals surface area contributed by atoms with Crippen molar-refractivity contribution in [3.8, 4) is 0 Å². The van der Waals surface area contributed by atoms with E-state index in [2.05, 4.69) is 58.3 Å². The van der Waals surface area contributed by atoms with Gasteiger partial charge in [0.1, 0.15) is 0 Å². The monoisotopic (exact) mass is 254 g/mol. The first-order valence-corrected chi connectivity index (χ1v) is 6.89. The highest BCUT2D eigenvalue weighted by atomic mass is 16.5. The Balaban J connectivity index is 2.40. The third-order valence-electron chi connectivity index (χ3n) is 2.96. The summed E-state index contributed by atoms with van der Waals surface area (Å²) in [5.41, 5.74) is 1.35. The van der Waals surface area contributed by atoms with Crippen molar-refractivity contribution in [2.45, 2.75) is 58.8 Å². The highest BCUT2D eigenvalue weighted by Crippen LogP contribution is 2.21. The standard InChI is InChI=1S/C15H30N2O/c1-12(8-16-14(3,4)5)9-17-10-13(2)18-15(6,7)11-17/h13,16H,1,8-11H2,2-7H3. The van der Waals surface area contributed by atoms with Gasteiger partial charge in [0.15, 0.2) is 0 Å². The lowest BCUT2D eigenvalue weighted by Gasteiger charge is -2.42. The summed E-state index contributed by atoms with van der Waals surface area (Å²) in [5, 5.41) is 3.49. The number of hydrogen-bond donors (Lipinski definition) is 1. The molecular weight excluding hydrogens is 224 g/mol. The van der Waals surface area contributed by atoms with Crippen LogP contribution < -0.4 is 5.32 Å². The lowest BCUT2D eigenvalue weighted by molar-refractivity contribution is -0.126. The number of hydrogen-bond acceptors (Lipinski definition) is 3. The molecule has 0 aromatic rings. The molecule has 3 nitrogen and oxygen atoms in total. The summed E-state index contributed by atoms with van der Waals surface area (Å²) in [6, 6.07) is 0. The van der Waals surface area contributed by atoms with Crippen LogP contribution in [0.4, 0.5) is 0 Å². The molecule has 0 saturated carbocycles. The molecule has 1 unspecified atom stereocenters. The van der Waals surface area contributed by atoms with Gasteiger partial charge in [0.2, 0.25) is 0 Å². The Labute approximate surface area is 113 Å². The first-order chi connectivity index (χ1) is 8.07. The van der Waals surface area contributed by atoms with Crippen molar-refractivity contribution < 1.29 is 4.74 Å². The topological polar surface area (TPSA) is 24.5 Å². The maximum Gasteiger partial charge on any atom is 0.0757 e. The molecule has 0 aromatic heterocycles. The minimum Gasteiger partial charge on any atom is -0.370 e. The summed E-state index contributed by atoms with van der Waals surface area (Å²) in [6.45, 7) is 21.0.